The number of amides is 11. The van der Waals surface area contributed by atoms with E-state index in [1.54, 1.807) is 34.7 Å². The van der Waals surface area contributed by atoms with Crippen molar-refractivity contribution in [3.05, 3.63) is 180 Å². The van der Waals surface area contributed by atoms with Gasteiger partial charge >= 0.3 is 5.97 Å². The van der Waals surface area contributed by atoms with Crippen LogP contribution in [0.4, 0.5) is 0 Å². The summed E-state index contributed by atoms with van der Waals surface area (Å²) in [5.74, 6) is -11.9. The quantitative estimate of drug-likeness (QED) is 0.0633. The van der Waals surface area contributed by atoms with Crippen LogP contribution in [0, 0.1) is 35.5 Å². The molecule has 6 aliphatic rings. The molecule has 3 aromatic carbocycles. The maximum absolute atomic E-state index is 13.7. The monoisotopic (exact) mass is 1580 g/mol. The van der Waals surface area contributed by atoms with Gasteiger partial charge in [-0.25, -0.2) is 15.0 Å². The number of nitrogens with zero attached hydrogens (tertiary/aromatic N) is 4. The number of pyridine rings is 3. The van der Waals surface area contributed by atoms with Crippen LogP contribution < -0.4 is 53.2 Å². The molecule has 3 aliphatic carbocycles. The number of cyclic esters (lactones) is 1. The molecule has 3 saturated carbocycles. The van der Waals surface area contributed by atoms with Crippen molar-refractivity contribution in [3.63, 3.8) is 0 Å². The van der Waals surface area contributed by atoms with Crippen LogP contribution in [0.1, 0.15) is 128 Å². The molecule has 6 aromatic rings. The van der Waals surface area contributed by atoms with Gasteiger partial charge in [0.25, 0.3) is 23.6 Å². The first-order valence-electron chi connectivity index (χ1n) is 38.5. The third kappa shape index (κ3) is 22.3. The smallest absolute Gasteiger partial charge is 0.312 e. The highest BCUT2D eigenvalue weighted by Gasteiger charge is 2.48. The maximum Gasteiger partial charge on any atom is 0.312 e. The number of nitrogens with one attached hydrogen (secondary N) is 10. The molecule has 0 radical (unpaired) electrons. The van der Waals surface area contributed by atoms with Crippen LogP contribution in [0.15, 0.2) is 146 Å². The Labute approximate surface area is 663 Å². The summed E-state index contributed by atoms with van der Waals surface area (Å²) in [7, 11) is 1.55. The summed E-state index contributed by atoms with van der Waals surface area (Å²) in [6.07, 6.45) is 4.12. The largest absolute Gasteiger partial charge is 0.505 e. The third-order valence-electron chi connectivity index (χ3n) is 21.5. The molecule has 18 atom stereocenters. The van der Waals surface area contributed by atoms with E-state index in [0.29, 0.717) is 12.8 Å². The number of aliphatic hydroxyl groups excluding tert-OH is 3. The van der Waals surface area contributed by atoms with Crippen LogP contribution in [-0.4, -0.2) is 219 Å². The van der Waals surface area contributed by atoms with Crippen LogP contribution in [0.3, 0.4) is 0 Å². The van der Waals surface area contributed by atoms with Crippen LogP contribution in [0.5, 0.6) is 17.2 Å². The molecule has 3 saturated heterocycles. The summed E-state index contributed by atoms with van der Waals surface area (Å²) in [6, 6.07) is 24.9. The SMILES string of the molecule is C[C@H]1NC(=O)C(C2CC2)N(C)C(=O)[C@H](C)[C@H](O)[C@H](Cc2ccccc2)NC(=O)[C@H]1NC(=O)c1ncccc1O.C[C@H]1NC(=O)C(C2CC2)NC(=O)[C@H](C)[C@H](O)[C@H](Cc2ccccc2)NC(=O)[C@H]1NC(=O)c1ncccc1O.C[C@H]1NC(=O)C(C2CC2)OC(=O)[C@H](C)[C@H](O)[C@H](Cc2ccccc2)NC(=O)[C@H]1NC(=O)c1ncccc1O. The van der Waals surface area contributed by atoms with E-state index in [1.807, 2.05) is 91.0 Å². The number of hydrogen-bond donors (Lipinski definition) is 16. The van der Waals surface area contributed by atoms with Gasteiger partial charge in [-0.05, 0) is 150 Å². The van der Waals surface area contributed by atoms with Crippen LogP contribution in [0.2, 0.25) is 0 Å². The second-order valence-corrected chi connectivity index (χ2v) is 30.4. The first-order chi connectivity index (χ1) is 54.9. The Bertz CT molecular complexity index is 4300. The molecule has 0 spiro atoms. The van der Waals surface area contributed by atoms with E-state index in [1.165, 1.54) is 73.7 Å². The van der Waals surface area contributed by atoms with Gasteiger partial charge < -0.3 is 93.4 Å². The van der Waals surface area contributed by atoms with Gasteiger partial charge in [0.05, 0.1) is 72.3 Å². The number of likely N-dealkylation sites (N-methyl/N-ethyl adjacent to an activating group) is 1. The van der Waals surface area contributed by atoms with Crippen molar-refractivity contribution in [3.8, 4) is 17.2 Å². The van der Waals surface area contributed by atoms with Crippen molar-refractivity contribution < 1.29 is 92.9 Å². The molecule has 115 heavy (non-hydrogen) atoms. The molecule has 3 aliphatic heterocycles. The van der Waals surface area contributed by atoms with Crippen molar-refractivity contribution >= 4 is 70.9 Å². The second kappa shape index (κ2) is 38.7. The van der Waals surface area contributed by atoms with Gasteiger partial charge in [0.1, 0.15) is 47.5 Å². The molecular formula is C82H100N14O19. The third-order valence-corrected chi connectivity index (χ3v) is 21.5. The van der Waals surface area contributed by atoms with Gasteiger partial charge in [-0.3, -0.25) is 57.5 Å². The van der Waals surface area contributed by atoms with Crippen molar-refractivity contribution in [1.82, 2.24) is 73.0 Å². The molecule has 16 N–H and O–H groups in total. The topological polar surface area (TPSA) is 498 Å². The highest BCUT2D eigenvalue weighted by molar-refractivity contribution is 6.01. The van der Waals surface area contributed by atoms with Crippen molar-refractivity contribution in [2.24, 2.45) is 35.5 Å². The number of aliphatic hydroxyl groups is 3. The number of carbonyl (C=O) groups is 12. The van der Waals surface area contributed by atoms with Crippen molar-refractivity contribution in [2.45, 2.75) is 190 Å². The lowest BCUT2D eigenvalue weighted by atomic mass is 9.90. The number of aromatic nitrogens is 3. The number of ether oxygens (including phenoxy) is 1. The minimum absolute atomic E-state index is 0.0362. The lowest BCUT2D eigenvalue weighted by Gasteiger charge is -2.37. The summed E-state index contributed by atoms with van der Waals surface area (Å²) >= 11 is 0. The summed E-state index contributed by atoms with van der Waals surface area (Å²) in [5.41, 5.74) is 1.63. The van der Waals surface area contributed by atoms with Crippen LogP contribution in [0.25, 0.3) is 0 Å². The second-order valence-electron chi connectivity index (χ2n) is 30.4. The fourth-order valence-electron chi connectivity index (χ4n) is 14.1. The van der Waals surface area contributed by atoms with Gasteiger partial charge in [0, 0.05) is 31.6 Å². The molecule has 0 bridgehead atoms. The average molecular weight is 1590 g/mol. The highest BCUT2D eigenvalue weighted by atomic mass is 16.6. The van der Waals surface area contributed by atoms with E-state index in [-0.39, 0.29) is 71.3 Å². The Hall–Kier alpha value is -12.0. The van der Waals surface area contributed by atoms with Gasteiger partial charge in [-0.15, -0.1) is 0 Å². The number of hydrogen-bond acceptors (Lipinski definition) is 22. The van der Waals surface area contributed by atoms with E-state index in [2.05, 4.69) is 68.1 Å². The number of benzene rings is 3. The maximum atomic E-state index is 13.7. The molecule has 612 valence electrons. The van der Waals surface area contributed by atoms with E-state index in [4.69, 9.17) is 4.74 Å². The standard InChI is InChI=1S/C28H35N5O6.C27H33N5O6.C27H32N4O7/c1-15-24(35)19(14-17-8-5-4-6-9-17)31-25(36)21(32-26(37)22-20(34)10-7-13-29-22)16(2)30-27(38)23(18-11-12-18)33(3)28(15)39;1-14-23(34)18(13-16-7-4-3-5-8-16)30-25(36)20(31-27(38)22-19(33)9-6-12-28-22)15(2)29-26(37)21(17-10-11-17)32-24(14)35;1-14-22(33)18(13-16-7-4-3-5-8-16)30-24(34)20(31-25(35)21-19(32)9-6-12-28-21)15(2)29-26(36)23(17-10-11-17)38-27(14)37/h4-10,13,15-16,18-19,21,23-24,34-35H,11-12,14H2,1-3H3,(H,30,38)(H,31,36)(H,32,37);3-9,12,14-15,17-18,20-21,23,33-34H,10-11,13H2,1-2H3,(H,29,37)(H,30,36)(H,31,38)(H,32,35);3-9,12,14-15,17-18,20,22-23,32-33H,10-11,13H2,1-2H3,(H,29,36)(H,30,34)(H,31,35)/t15-,16-,19+,21+,23?,24+;14-,15-,18+,20+,21?,23+;14-,15-,18+,20+,22+,23?/m111/s1. The fraction of sp³-hybridized carbons (Fsp3) is 0.451. The van der Waals surface area contributed by atoms with Gasteiger partial charge in [-0.1, -0.05) is 105 Å². The number of carbonyl (C=O) groups excluding carboxylic acids is 12. The van der Waals surface area contributed by atoms with Gasteiger partial charge in [-0.2, -0.15) is 0 Å². The molecule has 3 aromatic heterocycles. The Kier molecular flexibility index (Phi) is 28.8. The Morgan fingerprint density at radius 3 is 1.10 bits per heavy atom. The van der Waals surface area contributed by atoms with E-state index in [0.717, 1.165) is 42.4 Å². The molecule has 11 amide bonds. The molecular weight excluding hydrogens is 1480 g/mol. The van der Waals surface area contributed by atoms with E-state index < -0.39 is 180 Å². The number of rotatable bonds is 15. The molecule has 6 heterocycles. The highest BCUT2D eigenvalue weighted by Crippen LogP contribution is 2.38. The summed E-state index contributed by atoms with van der Waals surface area (Å²) in [5, 5.41) is 91.1. The predicted molar refractivity (Wildman–Crippen MR) is 413 cm³/mol. The fourth-order valence-corrected chi connectivity index (χ4v) is 14.1. The molecule has 3 unspecified atom stereocenters. The van der Waals surface area contributed by atoms with Crippen molar-refractivity contribution in [2.75, 3.05) is 7.05 Å². The number of aromatic hydroxyl groups is 3. The van der Waals surface area contributed by atoms with Gasteiger partial charge in [0.15, 0.2) is 23.2 Å². The van der Waals surface area contributed by atoms with Crippen LogP contribution in [-0.2, 0) is 67.2 Å². The van der Waals surface area contributed by atoms with Gasteiger partial charge in [0.2, 0.25) is 41.4 Å². The first kappa shape index (κ1) is 85.5. The van der Waals surface area contributed by atoms with E-state index >= 15 is 0 Å². The molecule has 33 nitrogen and oxygen atoms in total. The lowest BCUT2D eigenvalue weighted by Crippen LogP contribution is -2.64. The van der Waals surface area contributed by atoms with Crippen molar-refractivity contribution in [1.29, 1.82) is 0 Å². The summed E-state index contributed by atoms with van der Waals surface area (Å²) < 4.78 is 5.56. The number of esters is 1. The summed E-state index contributed by atoms with van der Waals surface area (Å²) in [6.45, 7) is 9.27. The average Bonchev–Trinajstić information content (AvgIpc) is 1.78. The minimum atomic E-state index is -1.35. The zero-order chi connectivity index (χ0) is 83.1. The molecule has 12 rings (SSSR count). The first-order valence-corrected chi connectivity index (χ1v) is 38.5. The predicted octanol–water partition coefficient (Wildman–Crippen LogP) is 0.839. The Balaban J connectivity index is 0.000000182. The lowest BCUT2D eigenvalue weighted by molar-refractivity contribution is -0.165. The Morgan fingerprint density at radius 2 is 0.739 bits per heavy atom. The minimum Gasteiger partial charge on any atom is -0.505 e. The zero-order valence-corrected chi connectivity index (χ0v) is 64.6. The van der Waals surface area contributed by atoms with Crippen LogP contribution >= 0.6 is 0 Å². The molecule has 6 fully saturated rings. The Morgan fingerprint density at radius 1 is 0.400 bits per heavy atom. The normalized spacial score (nSPS) is 28.6. The summed E-state index contributed by atoms with van der Waals surface area (Å²) in [4.78, 5) is 172. The zero-order valence-electron chi connectivity index (χ0n) is 64.6. The van der Waals surface area contributed by atoms with E-state index in [9.17, 15) is 88.2 Å². The molecule has 33 heteroatoms.